The molecule has 2 unspecified atom stereocenters. The Kier molecular flexibility index (Phi) is 2.92. The quantitative estimate of drug-likeness (QED) is 0.893. The van der Waals surface area contributed by atoms with Crippen LogP contribution in [0.15, 0.2) is 17.5 Å². The van der Waals surface area contributed by atoms with Gasteiger partial charge in [0.2, 0.25) is 5.91 Å². The Morgan fingerprint density at radius 3 is 2.94 bits per heavy atom. The van der Waals surface area contributed by atoms with Crippen LogP contribution in [-0.2, 0) is 4.79 Å². The molecule has 1 aliphatic carbocycles. The van der Waals surface area contributed by atoms with E-state index < -0.39 is 0 Å². The summed E-state index contributed by atoms with van der Waals surface area (Å²) in [5.41, 5.74) is 0. The van der Waals surface area contributed by atoms with Crippen LogP contribution in [-0.4, -0.2) is 23.4 Å². The van der Waals surface area contributed by atoms with Crippen molar-refractivity contribution in [1.29, 1.82) is 0 Å². The monoisotopic (exact) mass is 250 g/mol. The van der Waals surface area contributed by atoms with Crippen molar-refractivity contribution in [3.8, 4) is 0 Å². The third-order valence-electron chi connectivity index (χ3n) is 3.87. The van der Waals surface area contributed by atoms with Crippen LogP contribution in [0, 0.1) is 5.92 Å². The smallest absolute Gasteiger partial charge is 0.241 e. The molecule has 4 heteroatoms. The third kappa shape index (κ3) is 2.00. The van der Waals surface area contributed by atoms with Gasteiger partial charge in [-0.05, 0) is 37.1 Å². The Balaban J connectivity index is 1.78. The highest BCUT2D eigenvalue weighted by Gasteiger charge is 2.39. The van der Waals surface area contributed by atoms with Crippen molar-refractivity contribution < 1.29 is 4.79 Å². The molecule has 3 nitrogen and oxygen atoms in total. The lowest BCUT2D eigenvalue weighted by Gasteiger charge is -2.32. The first-order chi connectivity index (χ1) is 8.25. The molecule has 0 aromatic carbocycles. The molecule has 2 fully saturated rings. The normalized spacial score (nSPS) is 29.7. The number of rotatable bonds is 3. The summed E-state index contributed by atoms with van der Waals surface area (Å²) in [5, 5.41) is 5.47. The van der Waals surface area contributed by atoms with E-state index in [0.29, 0.717) is 0 Å². The number of nitrogens with one attached hydrogen (secondary N) is 1. The zero-order chi connectivity index (χ0) is 11.8. The molecule has 2 atom stereocenters. The van der Waals surface area contributed by atoms with Crippen molar-refractivity contribution in [3.05, 3.63) is 22.4 Å². The molecule has 1 aliphatic heterocycles. The minimum absolute atomic E-state index is 0.0397. The fourth-order valence-corrected chi connectivity index (χ4v) is 3.40. The molecule has 92 valence electrons. The highest BCUT2D eigenvalue weighted by molar-refractivity contribution is 7.10. The molecule has 1 saturated carbocycles. The van der Waals surface area contributed by atoms with Gasteiger partial charge in [0.05, 0.1) is 6.04 Å². The van der Waals surface area contributed by atoms with E-state index in [1.165, 1.54) is 24.1 Å². The second-order valence-corrected chi connectivity index (χ2v) is 6.07. The molecule has 2 heterocycles. The number of amides is 1. The van der Waals surface area contributed by atoms with Gasteiger partial charge in [0, 0.05) is 11.4 Å². The summed E-state index contributed by atoms with van der Waals surface area (Å²) in [7, 11) is 0. The highest BCUT2D eigenvalue weighted by Crippen LogP contribution is 2.33. The van der Waals surface area contributed by atoms with Crippen molar-refractivity contribution >= 4 is 17.2 Å². The van der Waals surface area contributed by atoms with Crippen molar-refractivity contribution in [2.75, 3.05) is 6.54 Å². The van der Waals surface area contributed by atoms with E-state index in [-0.39, 0.29) is 18.1 Å². The molecule has 3 rings (SSSR count). The van der Waals surface area contributed by atoms with Gasteiger partial charge < -0.3 is 4.90 Å². The average Bonchev–Trinajstić information content (AvgIpc) is 2.84. The van der Waals surface area contributed by atoms with Gasteiger partial charge in [-0.2, -0.15) is 0 Å². The predicted molar refractivity (Wildman–Crippen MR) is 68.7 cm³/mol. The van der Waals surface area contributed by atoms with E-state index in [9.17, 15) is 4.79 Å². The Labute approximate surface area is 106 Å². The minimum atomic E-state index is -0.0397. The Morgan fingerprint density at radius 1 is 1.53 bits per heavy atom. The molecular formula is C13H18N2OS. The molecule has 0 radical (unpaired) electrons. The van der Waals surface area contributed by atoms with Gasteiger partial charge in [-0.15, -0.1) is 11.3 Å². The summed E-state index contributed by atoms with van der Waals surface area (Å²) in [5.74, 6) is 0.990. The molecule has 17 heavy (non-hydrogen) atoms. The van der Waals surface area contributed by atoms with Gasteiger partial charge >= 0.3 is 0 Å². The van der Waals surface area contributed by atoms with Crippen LogP contribution in [0.2, 0.25) is 0 Å². The molecule has 1 N–H and O–H groups in total. The summed E-state index contributed by atoms with van der Waals surface area (Å²) in [6.45, 7) is 2.89. The maximum absolute atomic E-state index is 12.2. The SMILES string of the molecule is CC1NC(c2cccs2)N(CC2CCC2)C1=O. The van der Waals surface area contributed by atoms with Crippen molar-refractivity contribution in [1.82, 2.24) is 10.2 Å². The van der Waals surface area contributed by atoms with Crippen LogP contribution in [0.25, 0.3) is 0 Å². The summed E-state index contributed by atoms with van der Waals surface area (Å²) in [4.78, 5) is 15.4. The summed E-state index contributed by atoms with van der Waals surface area (Å²) in [6, 6.07) is 4.13. The van der Waals surface area contributed by atoms with Gasteiger partial charge in [0.15, 0.2) is 0 Å². The minimum Gasteiger partial charge on any atom is -0.320 e. The molecule has 1 aromatic heterocycles. The number of carbonyl (C=O) groups excluding carboxylic acids is 1. The van der Waals surface area contributed by atoms with Gasteiger partial charge in [0.25, 0.3) is 0 Å². The molecule has 2 aliphatic rings. The van der Waals surface area contributed by atoms with E-state index in [1.54, 1.807) is 11.3 Å². The van der Waals surface area contributed by atoms with E-state index in [2.05, 4.69) is 22.8 Å². The third-order valence-corrected chi connectivity index (χ3v) is 4.79. The van der Waals surface area contributed by atoms with Crippen molar-refractivity contribution in [3.63, 3.8) is 0 Å². The fraction of sp³-hybridized carbons (Fsp3) is 0.615. The molecule has 0 bridgehead atoms. The van der Waals surface area contributed by atoms with Gasteiger partial charge in [-0.3, -0.25) is 10.1 Å². The van der Waals surface area contributed by atoms with E-state index >= 15 is 0 Å². The summed E-state index contributed by atoms with van der Waals surface area (Å²) >= 11 is 1.72. The number of hydrogen-bond acceptors (Lipinski definition) is 3. The van der Waals surface area contributed by atoms with Crippen LogP contribution < -0.4 is 5.32 Å². The zero-order valence-electron chi connectivity index (χ0n) is 10.1. The van der Waals surface area contributed by atoms with Gasteiger partial charge in [0.1, 0.15) is 6.17 Å². The first-order valence-corrected chi connectivity index (χ1v) is 7.23. The second kappa shape index (κ2) is 4.42. The van der Waals surface area contributed by atoms with Crippen LogP contribution in [0.3, 0.4) is 0 Å². The van der Waals surface area contributed by atoms with E-state index in [1.807, 2.05) is 11.8 Å². The Hall–Kier alpha value is -0.870. The lowest BCUT2D eigenvalue weighted by Crippen LogP contribution is -2.36. The number of nitrogens with zero attached hydrogens (tertiary/aromatic N) is 1. The maximum Gasteiger partial charge on any atom is 0.241 e. The van der Waals surface area contributed by atoms with Crippen LogP contribution in [0.4, 0.5) is 0 Å². The predicted octanol–water partition coefficient (Wildman–Crippen LogP) is 2.37. The lowest BCUT2D eigenvalue weighted by atomic mass is 9.85. The van der Waals surface area contributed by atoms with Crippen LogP contribution in [0.5, 0.6) is 0 Å². The van der Waals surface area contributed by atoms with Crippen molar-refractivity contribution in [2.45, 2.75) is 38.4 Å². The van der Waals surface area contributed by atoms with Crippen LogP contribution in [0.1, 0.15) is 37.2 Å². The van der Waals surface area contributed by atoms with Gasteiger partial charge in [-0.25, -0.2) is 0 Å². The Morgan fingerprint density at radius 2 is 2.35 bits per heavy atom. The zero-order valence-corrected chi connectivity index (χ0v) is 10.9. The van der Waals surface area contributed by atoms with Crippen LogP contribution >= 0.6 is 11.3 Å². The molecule has 1 saturated heterocycles. The average molecular weight is 250 g/mol. The maximum atomic E-state index is 12.2. The molecule has 0 spiro atoms. The van der Waals surface area contributed by atoms with Crippen molar-refractivity contribution in [2.24, 2.45) is 5.92 Å². The van der Waals surface area contributed by atoms with E-state index in [4.69, 9.17) is 0 Å². The first kappa shape index (κ1) is 11.2. The highest BCUT2D eigenvalue weighted by atomic mass is 32.1. The number of hydrogen-bond donors (Lipinski definition) is 1. The fourth-order valence-electron chi connectivity index (χ4n) is 2.61. The lowest BCUT2D eigenvalue weighted by molar-refractivity contribution is -0.130. The first-order valence-electron chi connectivity index (χ1n) is 6.35. The van der Waals surface area contributed by atoms with Gasteiger partial charge in [-0.1, -0.05) is 12.5 Å². The molecule has 1 aromatic rings. The molecule has 1 amide bonds. The Bertz CT molecular complexity index is 400. The standard InChI is InChI=1S/C13H18N2OS/c1-9-13(16)15(8-10-4-2-5-10)12(14-9)11-6-3-7-17-11/h3,6-7,9-10,12,14H,2,4-5,8H2,1H3. The summed E-state index contributed by atoms with van der Waals surface area (Å²) in [6.07, 6.45) is 4.02. The number of thiophene rings is 1. The van der Waals surface area contributed by atoms with E-state index in [0.717, 1.165) is 12.5 Å². The second-order valence-electron chi connectivity index (χ2n) is 5.09. The number of carbonyl (C=O) groups is 1. The summed E-state index contributed by atoms with van der Waals surface area (Å²) < 4.78 is 0. The largest absolute Gasteiger partial charge is 0.320 e. The molecular weight excluding hydrogens is 232 g/mol. The topological polar surface area (TPSA) is 32.3 Å².